The molecule has 0 saturated heterocycles. The van der Waals surface area contributed by atoms with E-state index >= 15 is 0 Å². The van der Waals surface area contributed by atoms with Gasteiger partial charge in [0.2, 0.25) is 0 Å². The van der Waals surface area contributed by atoms with Crippen LogP contribution >= 0.6 is 11.6 Å². The molecule has 2 aromatic rings. The maximum absolute atomic E-state index is 11.9. The summed E-state index contributed by atoms with van der Waals surface area (Å²) in [6.07, 6.45) is 4.14. The highest BCUT2D eigenvalue weighted by Crippen LogP contribution is 2.27. The van der Waals surface area contributed by atoms with Crippen LogP contribution in [0.25, 0.3) is 0 Å². The molecule has 0 atom stereocenters. The summed E-state index contributed by atoms with van der Waals surface area (Å²) in [5, 5.41) is 7.69. The second kappa shape index (κ2) is 6.18. The van der Waals surface area contributed by atoms with E-state index in [1.807, 2.05) is 12.1 Å². The van der Waals surface area contributed by atoms with Gasteiger partial charge in [-0.3, -0.25) is 4.79 Å². The monoisotopic (exact) mass is 305 g/mol. The lowest BCUT2D eigenvalue weighted by Gasteiger charge is -2.06. The Bertz CT molecular complexity index is 637. The lowest BCUT2D eigenvalue weighted by Crippen LogP contribution is -2.26. The van der Waals surface area contributed by atoms with Gasteiger partial charge in [0.25, 0.3) is 5.91 Å². The van der Waals surface area contributed by atoms with E-state index in [9.17, 15) is 4.79 Å². The molecule has 1 aromatic carbocycles. The Kier molecular flexibility index (Phi) is 4.10. The molecule has 1 aliphatic carbocycles. The number of carbonyl (C=O) groups excluding carboxylic acids is 1. The molecule has 1 heterocycles. The topological polar surface area (TPSA) is 56.2 Å². The lowest BCUT2D eigenvalue weighted by atomic mass is 10.3. The number of ether oxygens (including phenoxy) is 1. The number of hydrogen-bond acceptors (Lipinski definition) is 3. The molecular formula is C15H16ClN3O2. The Hall–Kier alpha value is -2.01. The average Bonchev–Trinajstić information content (AvgIpc) is 3.19. The van der Waals surface area contributed by atoms with Crippen molar-refractivity contribution in [1.29, 1.82) is 0 Å². The van der Waals surface area contributed by atoms with Crippen LogP contribution in [-0.4, -0.2) is 22.2 Å². The first-order valence-corrected chi connectivity index (χ1v) is 7.28. The zero-order valence-electron chi connectivity index (χ0n) is 11.5. The summed E-state index contributed by atoms with van der Waals surface area (Å²) < 4.78 is 7.13. The fraction of sp³-hybridized carbons (Fsp3) is 0.333. The van der Waals surface area contributed by atoms with E-state index in [0.717, 1.165) is 6.54 Å². The Labute approximate surface area is 127 Å². The molecule has 1 N–H and O–H groups in total. The summed E-state index contributed by atoms with van der Waals surface area (Å²) in [7, 11) is 0. The fourth-order valence-corrected chi connectivity index (χ4v) is 2.08. The molecule has 0 aliphatic heterocycles. The summed E-state index contributed by atoms with van der Waals surface area (Å²) in [5.74, 6) is 1.18. The fourth-order valence-electron chi connectivity index (χ4n) is 1.90. The van der Waals surface area contributed by atoms with Crippen molar-refractivity contribution < 1.29 is 9.53 Å². The summed E-state index contributed by atoms with van der Waals surface area (Å²) in [4.78, 5) is 11.9. The first-order valence-electron chi connectivity index (χ1n) is 6.91. The molecule has 1 saturated carbocycles. The lowest BCUT2D eigenvalue weighted by molar-refractivity contribution is 0.0944. The maximum Gasteiger partial charge on any atom is 0.271 e. The summed E-state index contributed by atoms with van der Waals surface area (Å²) in [5.41, 5.74) is 0.408. The van der Waals surface area contributed by atoms with Gasteiger partial charge in [0.05, 0.1) is 0 Å². The van der Waals surface area contributed by atoms with Crippen molar-refractivity contribution in [1.82, 2.24) is 15.1 Å². The number of benzene rings is 1. The van der Waals surface area contributed by atoms with Gasteiger partial charge in [-0.1, -0.05) is 17.7 Å². The number of aromatic nitrogens is 2. The molecule has 0 spiro atoms. The molecule has 1 aromatic heterocycles. The molecule has 1 fully saturated rings. The van der Waals surface area contributed by atoms with Crippen molar-refractivity contribution in [2.75, 3.05) is 6.54 Å². The standard InChI is InChI=1S/C15H16ClN3O2/c16-12-2-1-3-13(8-12)21-10-19-7-6-14(18-19)15(20)17-9-11-4-5-11/h1-3,6-8,11H,4-5,9-10H2,(H,17,20). The van der Waals surface area contributed by atoms with E-state index in [1.54, 1.807) is 29.1 Å². The van der Waals surface area contributed by atoms with Crippen LogP contribution in [-0.2, 0) is 6.73 Å². The van der Waals surface area contributed by atoms with Crippen molar-refractivity contribution >= 4 is 17.5 Å². The molecule has 1 amide bonds. The van der Waals surface area contributed by atoms with Crippen LogP contribution in [0.5, 0.6) is 5.75 Å². The van der Waals surface area contributed by atoms with E-state index < -0.39 is 0 Å². The van der Waals surface area contributed by atoms with E-state index in [1.165, 1.54) is 12.8 Å². The molecule has 21 heavy (non-hydrogen) atoms. The number of rotatable bonds is 6. The average molecular weight is 306 g/mol. The maximum atomic E-state index is 11.9. The SMILES string of the molecule is O=C(NCC1CC1)c1ccn(COc2cccc(Cl)c2)n1. The Morgan fingerprint density at radius 1 is 1.43 bits per heavy atom. The molecule has 1 aliphatic rings. The summed E-state index contributed by atoms with van der Waals surface area (Å²) >= 11 is 5.88. The van der Waals surface area contributed by atoms with Crippen LogP contribution in [0.15, 0.2) is 36.5 Å². The van der Waals surface area contributed by atoms with Crippen molar-refractivity contribution in [3.63, 3.8) is 0 Å². The minimum absolute atomic E-state index is 0.136. The zero-order valence-corrected chi connectivity index (χ0v) is 12.2. The van der Waals surface area contributed by atoms with Gasteiger partial charge >= 0.3 is 0 Å². The number of amides is 1. The largest absolute Gasteiger partial charge is 0.471 e. The molecule has 110 valence electrons. The van der Waals surface area contributed by atoms with Crippen molar-refractivity contribution in [3.05, 3.63) is 47.2 Å². The third kappa shape index (κ3) is 3.98. The van der Waals surface area contributed by atoms with Gasteiger partial charge in [-0.15, -0.1) is 0 Å². The zero-order chi connectivity index (χ0) is 14.7. The van der Waals surface area contributed by atoms with Gasteiger partial charge in [-0.2, -0.15) is 5.10 Å². The normalized spacial score (nSPS) is 14.0. The smallest absolute Gasteiger partial charge is 0.271 e. The minimum atomic E-state index is -0.136. The first kappa shape index (κ1) is 13.9. The highest BCUT2D eigenvalue weighted by molar-refractivity contribution is 6.30. The van der Waals surface area contributed by atoms with Crippen LogP contribution in [0.1, 0.15) is 23.3 Å². The second-order valence-electron chi connectivity index (χ2n) is 5.12. The highest BCUT2D eigenvalue weighted by Gasteiger charge is 2.22. The number of halogens is 1. The van der Waals surface area contributed by atoms with Crippen LogP contribution < -0.4 is 10.1 Å². The summed E-state index contributed by atoms with van der Waals surface area (Å²) in [6.45, 7) is 0.973. The second-order valence-corrected chi connectivity index (χ2v) is 5.56. The highest BCUT2D eigenvalue weighted by atomic mass is 35.5. The van der Waals surface area contributed by atoms with E-state index in [4.69, 9.17) is 16.3 Å². The van der Waals surface area contributed by atoms with Crippen LogP contribution in [0.4, 0.5) is 0 Å². The predicted octanol–water partition coefficient (Wildman–Crippen LogP) is 2.71. The van der Waals surface area contributed by atoms with E-state index in [0.29, 0.717) is 22.4 Å². The Balaban J connectivity index is 1.53. The van der Waals surface area contributed by atoms with Crippen LogP contribution in [0, 0.1) is 5.92 Å². The van der Waals surface area contributed by atoms with Crippen molar-refractivity contribution in [3.8, 4) is 5.75 Å². The Morgan fingerprint density at radius 2 is 2.29 bits per heavy atom. The number of nitrogens with one attached hydrogen (secondary N) is 1. The Morgan fingerprint density at radius 3 is 3.05 bits per heavy atom. The molecule has 0 unspecified atom stereocenters. The van der Waals surface area contributed by atoms with Gasteiger partial charge in [0.15, 0.2) is 6.73 Å². The van der Waals surface area contributed by atoms with E-state index in [-0.39, 0.29) is 12.6 Å². The van der Waals surface area contributed by atoms with Crippen LogP contribution in [0.2, 0.25) is 5.02 Å². The van der Waals surface area contributed by atoms with Gasteiger partial charge in [0.1, 0.15) is 11.4 Å². The third-order valence-electron chi connectivity index (χ3n) is 3.28. The van der Waals surface area contributed by atoms with E-state index in [2.05, 4.69) is 10.4 Å². The number of carbonyl (C=O) groups is 1. The van der Waals surface area contributed by atoms with Crippen LogP contribution in [0.3, 0.4) is 0 Å². The molecule has 3 rings (SSSR count). The van der Waals surface area contributed by atoms with Gasteiger partial charge in [0, 0.05) is 17.8 Å². The first-order chi connectivity index (χ1) is 10.2. The van der Waals surface area contributed by atoms with Crippen molar-refractivity contribution in [2.45, 2.75) is 19.6 Å². The van der Waals surface area contributed by atoms with Gasteiger partial charge in [-0.05, 0) is 43.0 Å². The van der Waals surface area contributed by atoms with Gasteiger partial charge in [-0.25, -0.2) is 4.68 Å². The summed E-state index contributed by atoms with van der Waals surface area (Å²) in [6, 6.07) is 8.83. The molecule has 5 nitrogen and oxygen atoms in total. The molecule has 0 radical (unpaired) electrons. The molecule has 0 bridgehead atoms. The number of nitrogens with zero attached hydrogens (tertiary/aromatic N) is 2. The molecule has 6 heteroatoms. The van der Waals surface area contributed by atoms with Gasteiger partial charge < -0.3 is 10.1 Å². The van der Waals surface area contributed by atoms with Crippen molar-refractivity contribution in [2.24, 2.45) is 5.92 Å². The third-order valence-corrected chi connectivity index (χ3v) is 3.52. The minimum Gasteiger partial charge on any atom is -0.471 e. The quantitative estimate of drug-likeness (QED) is 0.893. The predicted molar refractivity (Wildman–Crippen MR) is 79.4 cm³/mol. The molecular weight excluding hydrogens is 290 g/mol. The number of hydrogen-bond donors (Lipinski definition) is 1.